The molecule has 32 heavy (non-hydrogen) atoms. The molecule has 10 nitrogen and oxygen atoms in total. The second-order valence-electron chi connectivity index (χ2n) is 7.39. The van der Waals surface area contributed by atoms with E-state index >= 15 is 0 Å². The van der Waals surface area contributed by atoms with Gasteiger partial charge in [-0.05, 0) is 30.3 Å². The van der Waals surface area contributed by atoms with E-state index in [-0.39, 0.29) is 27.4 Å². The molecule has 0 saturated carbocycles. The van der Waals surface area contributed by atoms with Crippen LogP contribution in [0.3, 0.4) is 0 Å². The van der Waals surface area contributed by atoms with E-state index in [1.807, 2.05) is 0 Å². The fraction of sp³-hybridized carbons (Fsp3) is 0.100. The molecule has 0 amide bonds. The summed E-state index contributed by atoms with van der Waals surface area (Å²) >= 11 is 0. The van der Waals surface area contributed by atoms with Crippen molar-refractivity contribution in [1.29, 1.82) is 0 Å². The van der Waals surface area contributed by atoms with Crippen LogP contribution in [0.25, 0.3) is 0 Å². The standard InChI is InChI=1S/C20H18N4O6S2/c21-18-15(32(23,29)30)9-14(24-10-5-7-11(8-6-10)31(22,27)28)16-17(18)20(26)13-4-2-1-3-12(13)19(16)25/h1-9,16-17,24H,21H2,(H2,22,27,28)(H2,23,29,30). The number of allylic oxidation sites excluding steroid dienone is 3. The van der Waals surface area contributed by atoms with Crippen molar-refractivity contribution in [2.45, 2.75) is 4.90 Å². The van der Waals surface area contributed by atoms with Crippen LogP contribution < -0.4 is 21.3 Å². The number of carbonyl (C=O) groups excluding carboxylic acids is 2. The second kappa shape index (κ2) is 7.38. The molecule has 2 aromatic carbocycles. The Labute approximate surface area is 183 Å². The monoisotopic (exact) mass is 474 g/mol. The highest BCUT2D eigenvalue weighted by Crippen LogP contribution is 2.42. The highest BCUT2D eigenvalue weighted by Gasteiger charge is 2.48. The number of Topliss-reactive ketones (excluding diaryl/α,β-unsaturated/α-hetero) is 2. The van der Waals surface area contributed by atoms with Crippen molar-refractivity contribution in [2.24, 2.45) is 27.8 Å². The third-order valence-corrected chi connectivity index (χ3v) is 7.27. The quantitative estimate of drug-likeness (QED) is 0.489. The molecule has 0 aromatic heterocycles. The van der Waals surface area contributed by atoms with E-state index in [9.17, 15) is 26.4 Å². The fourth-order valence-corrected chi connectivity index (χ4v) is 5.18. The largest absolute Gasteiger partial charge is 0.400 e. The van der Waals surface area contributed by atoms with Gasteiger partial charge in [0, 0.05) is 28.2 Å². The van der Waals surface area contributed by atoms with Gasteiger partial charge in [0.2, 0.25) is 20.0 Å². The lowest BCUT2D eigenvalue weighted by Crippen LogP contribution is -2.45. The maximum atomic E-state index is 13.3. The van der Waals surface area contributed by atoms with Crippen molar-refractivity contribution in [3.05, 3.63) is 82.0 Å². The summed E-state index contributed by atoms with van der Waals surface area (Å²) in [5.41, 5.74) is 6.50. The lowest BCUT2D eigenvalue weighted by Gasteiger charge is -2.36. The number of rotatable bonds is 4. The third kappa shape index (κ3) is 3.62. The van der Waals surface area contributed by atoms with E-state index in [4.69, 9.17) is 16.0 Å². The van der Waals surface area contributed by atoms with E-state index < -0.39 is 48.4 Å². The Bertz CT molecular complexity index is 1440. The lowest BCUT2D eigenvalue weighted by atomic mass is 9.69. The van der Waals surface area contributed by atoms with Crippen LogP contribution in [-0.2, 0) is 20.0 Å². The molecule has 0 bridgehead atoms. The van der Waals surface area contributed by atoms with Gasteiger partial charge in [-0.25, -0.2) is 27.1 Å². The number of sulfonamides is 2. The van der Waals surface area contributed by atoms with Crippen molar-refractivity contribution in [1.82, 2.24) is 0 Å². The molecular formula is C20H18N4O6S2. The van der Waals surface area contributed by atoms with E-state index in [2.05, 4.69) is 5.32 Å². The zero-order valence-corrected chi connectivity index (χ0v) is 18.0. The van der Waals surface area contributed by atoms with Crippen LogP contribution in [-0.4, -0.2) is 28.4 Å². The van der Waals surface area contributed by atoms with Gasteiger partial charge in [0.25, 0.3) is 0 Å². The van der Waals surface area contributed by atoms with Crippen molar-refractivity contribution in [3.8, 4) is 0 Å². The van der Waals surface area contributed by atoms with Gasteiger partial charge in [0.05, 0.1) is 16.7 Å². The van der Waals surface area contributed by atoms with Gasteiger partial charge in [-0.2, -0.15) is 0 Å². The first-order valence-corrected chi connectivity index (χ1v) is 12.3. The van der Waals surface area contributed by atoms with Gasteiger partial charge in [0.1, 0.15) is 4.91 Å². The Hall–Kier alpha value is -3.32. The number of benzene rings is 2. The molecule has 12 heteroatoms. The summed E-state index contributed by atoms with van der Waals surface area (Å²) in [6.45, 7) is 0. The number of hydrogen-bond donors (Lipinski definition) is 4. The molecule has 0 spiro atoms. The van der Waals surface area contributed by atoms with E-state index in [1.54, 1.807) is 12.1 Å². The first kappa shape index (κ1) is 21.9. The van der Waals surface area contributed by atoms with Gasteiger partial charge in [-0.1, -0.05) is 24.3 Å². The first-order chi connectivity index (χ1) is 14.9. The summed E-state index contributed by atoms with van der Waals surface area (Å²) in [6, 6.07) is 11.5. The minimum atomic E-state index is -4.32. The number of carbonyl (C=O) groups is 2. The predicted molar refractivity (Wildman–Crippen MR) is 116 cm³/mol. The number of nitrogens with one attached hydrogen (secondary N) is 1. The molecule has 166 valence electrons. The van der Waals surface area contributed by atoms with Crippen LogP contribution in [0.2, 0.25) is 0 Å². The Morgan fingerprint density at radius 2 is 1.28 bits per heavy atom. The van der Waals surface area contributed by atoms with Gasteiger partial charge in [-0.15, -0.1) is 0 Å². The van der Waals surface area contributed by atoms with Crippen molar-refractivity contribution < 1.29 is 26.4 Å². The zero-order chi connectivity index (χ0) is 23.4. The van der Waals surface area contributed by atoms with Crippen LogP contribution in [0.4, 0.5) is 5.69 Å². The molecule has 2 unspecified atom stereocenters. The summed E-state index contributed by atoms with van der Waals surface area (Å²) in [5.74, 6) is -3.29. The average molecular weight is 475 g/mol. The van der Waals surface area contributed by atoms with E-state index in [1.165, 1.54) is 36.4 Å². The van der Waals surface area contributed by atoms with Crippen molar-refractivity contribution >= 4 is 37.3 Å². The number of primary sulfonamides is 2. The summed E-state index contributed by atoms with van der Waals surface area (Å²) in [5, 5.41) is 13.3. The fourth-order valence-electron chi connectivity index (χ4n) is 3.91. The minimum absolute atomic E-state index is 0.0874. The Kier molecular flexibility index (Phi) is 5.05. The highest BCUT2D eigenvalue weighted by molar-refractivity contribution is 7.93. The number of nitrogens with two attached hydrogens (primary N) is 3. The van der Waals surface area contributed by atoms with Crippen molar-refractivity contribution in [3.63, 3.8) is 0 Å². The number of anilines is 1. The highest BCUT2D eigenvalue weighted by atomic mass is 32.2. The predicted octanol–water partition coefficient (Wildman–Crippen LogP) is 0.414. The molecular weight excluding hydrogens is 456 g/mol. The third-order valence-electron chi connectivity index (χ3n) is 5.38. The first-order valence-electron chi connectivity index (χ1n) is 9.21. The SMILES string of the molecule is NC1=C(S(N)(=O)=O)C=C(Nc2ccc(S(N)(=O)=O)cc2)C2C(=O)c3ccccc3C(=O)C12. The topological polar surface area (TPSA) is 193 Å². The maximum absolute atomic E-state index is 13.3. The van der Waals surface area contributed by atoms with Crippen LogP contribution in [0.1, 0.15) is 20.7 Å². The molecule has 0 saturated heterocycles. The second-order valence-corrected chi connectivity index (χ2v) is 10.5. The molecule has 2 atom stereocenters. The van der Waals surface area contributed by atoms with Crippen molar-refractivity contribution in [2.75, 3.05) is 5.32 Å². The normalized spacial score (nSPS) is 21.0. The van der Waals surface area contributed by atoms with Gasteiger partial charge in [0.15, 0.2) is 11.6 Å². The minimum Gasteiger partial charge on any atom is -0.400 e. The Morgan fingerprint density at radius 3 is 1.78 bits per heavy atom. The molecule has 2 aromatic rings. The smallest absolute Gasteiger partial charge is 0.239 e. The molecule has 0 fully saturated rings. The molecule has 7 N–H and O–H groups in total. The Balaban J connectivity index is 1.85. The number of fused-ring (bicyclic) bond motifs is 2. The number of ketones is 2. The molecule has 0 aliphatic heterocycles. The zero-order valence-electron chi connectivity index (χ0n) is 16.3. The molecule has 0 radical (unpaired) electrons. The van der Waals surface area contributed by atoms with Crippen LogP contribution in [0, 0.1) is 11.8 Å². The van der Waals surface area contributed by atoms with Gasteiger partial charge in [-0.3, -0.25) is 9.59 Å². The van der Waals surface area contributed by atoms with Crippen LogP contribution in [0.15, 0.2) is 75.8 Å². The van der Waals surface area contributed by atoms with Crippen LogP contribution >= 0.6 is 0 Å². The summed E-state index contributed by atoms with van der Waals surface area (Å²) in [7, 11) is -8.23. The Morgan fingerprint density at radius 1 is 0.750 bits per heavy atom. The average Bonchev–Trinajstić information content (AvgIpc) is 2.72. The maximum Gasteiger partial charge on any atom is 0.239 e. The van der Waals surface area contributed by atoms with E-state index in [0.29, 0.717) is 5.69 Å². The van der Waals surface area contributed by atoms with E-state index in [0.717, 1.165) is 6.08 Å². The molecule has 2 aliphatic rings. The number of hydrogen-bond acceptors (Lipinski definition) is 8. The van der Waals surface area contributed by atoms with Gasteiger partial charge >= 0.3 is 0 Å². The summed E-state index contributed by atoms with van der Waals surface area (Å²) in [4.78, 5) is 25.9. The molecule has 4 rings (SSSR count). The lowest BCUT2D eigenvalue weighted by molar-refractivity contribution is 0.0785. The van der Waals surface area contributed by atoms with Crippen LogP contribution in [0.5, 0.6) is 0 Å². The molecule has 0 heterocycles. The van der Waals surface area contributed by atoms with Gasteiger partial charge < -0.3 is 11.1 Å². The summed E-state index contributed by atoms with van der Waals surface area (Å²) in [6.07, 6.45) is 1.12. The summed E-state index contributed by atoms with van der Waals surface area (Å²) < 4.78 is 47.2. The molecule has 2 aliphatic carbocycles.